The lowest BCUT2D eigenvalue weighted by atomic mass is 10.1. The maximum Gasteiger partial charge on any atom is 0.411 e. The van der Waals surface area contributed by atoms with Crippen molar-refractivity contribution >= 4 is 22.6 Å². The van der Waals surface area contributed by atoms with Crippen LogP contribution in [0.4, 0.5) is 10.5 Å². The molecule has 2 rings (SSSR count). The van der Waals surface area contributed by atoms with Crippen molar-refractivity contribution in [1.82, 2.24) is 0 Å². The quantitative estimate of drug-likeness (QED) is 0.792. The van der Waals surface area contributed by atoms with E-state index in [4.69, 9.17) is 0 Å². The molecule has 3 heteroatoms. The first-order chi connectivity index (χ1) is 7.69. The summed E-state index contributed by atoms with van der Waals surface area (Å²) in [7, 11) is 1.35. The van der Waals surface area contributed by atoms with Crippen molar-refractivity contribution in [3.63, 3.8) is 0 Å². The van der Waals surface area contributed by atoms with Gasteiger partial charge in [-0.3, -0.25) is 5.32 Å². The molecule has 0 radical (unpaired) electrons. The van der Waals surface area contributed by atoms with Crippen molar-refractivity contribution in [1.29, 1.82) is 0 Å². The summed E-state index contributed by atoms with van der Waals surface area (Å²) in [6, 6.07) is 12.0. The van der Waals surface area contributed by atoms with Crippen LogP contribution in [-0.4, -0.2) is 13.2 Å². The van der Waals surface area contributed by atoms with Gasteiger partial charge in [-0.1, -0.05) is 29.8 Å². The van der Waals surface area contributed by atoms with Gasteiger partial charge in [-0.15, -0.1) is 0 Å². The minimum atomic E-state index is -0.452. The predicted molar refractivity (Wildman–Crippen MR) is 64.7 cm³/mol. The number of fused-ring (bicyclic) bond motifs is 1. The van der Waals surface area contributed by atoms with Crippen LogP contribution in [0.5, 0.6) is 0 Å². The van der Waals surface area contributed by atoms with Crippen molar-refractivity contribution < 1.29 is 9.53 Å². The van der Waals surface area contributed by atoms with Gasteiger partial charge in [0.1, 0.15) is 0 Å². The van der Waals surface area contributed by atoms with Gasteiger partial charge in [0, 0.05) is 5.69 Å². The molecule has 0 aliphatic carbocycles. The molecule has 1 amide bonds. The molecule has 0 atom stereocenters. The van der Waals surface area contributed by atoms with E-state index in [0.717, 1.165) is 16.5 Å². The van der Waals surface area contributed by atoms with Crippen molar-refractivity contribution in [2.24, 2.45) is 0 Å². The molecule has 0 saturated heterocycles. The zero-order chi connectivity index (χ0) is 11.5. The lowest BCUT2D eigenvalue weighted by molar-refractivity contribution is 0.187. The molecular weight excluding hydrogens is 202 g/mol. The van der Waals surface area contributed by atoms with Crippen LogP contribution in [-0.2, 0) is 4.74 Å². The maximum atomic E-state index is 11.0. The summed E-state index contributed by atoms with van der Waals surface area (Å²) in [6.07, 6.45) is -0.452. The monoisotopic (exact) mass is 215 g/mol. The molecule has 2 aromatic carbocycles. The minimum Gasteiger partial charge on any atom is -0.453 e. The highest BCUT2D eigenvalue weighted by atomic mass is 16.5. The van der Waals surface area contributed by atoms with E-state index in [-0.39, 0.29) is 0 Å². The zero-order valence-corrected chi connectivity index (χ0v) is 9.28. The highest BCUT2D eigenvalue weighted by Gasteiger charge is 2.01. The number of benzene rings is 2. The Bertz CT molecular complexity index is 534. The molecular formula is C13H13NO2. The van der Waals surface area contributed by atoms with Crippen LogP contribution in [0.3, 0.4) is 0 Å². The van der Waals surface area contributed by atoms with Crippen molar-refractivity contribution in [2.75, 3.05) is 12.4 Å². The van der Waals surface area contributed by atoms with E-state index < -0.39 is 6.09 Å². The van der Waals surface area contributed by atoms with Crippen LogP contribution in [0.1, 0.15) is 5.56 Å². The summed E-state index contributed by atoms with van der Waals surface area (Å²) in [6.45, 7) is 2.06. The average Bonchev–Trinajstić information content (AvgIpc) is 2.29. The molecule has 1 N–H and O–H groups in total. The van der Waals surface area contributed by atoms with Crippen LogP contribution in [0, 0.1) is 6.92 Å². The molecule has 82 valence electrons. The van der Waals surface area contributed by atoms with Gasteiger partial charge in [0.15, 0.2) is 0 Å². The Kier molecular flexibility index (Phi) is 2.77. The number of carbonyl (C=O) groups is 1. The summed E-state index contributed by atoms with van der Waals surface area (Å²) in [4.78, 5) is 11.0. The number of hydrogen-bond donors (Lipinski definition) is 1. The number of hydrogen-bond acceptors (Lipinski definition) is 2. The fraction of sp³-hybridized carbons (Fsp3) is 0.154. The standard InChI is InChI=1S/C13H13NO2/c1-9-3-4-11-8-12(14-13(15)16-2)6-5-10(11)7-9/h3-8H,1-2H3,(H,14,15). The van der Waals surface area contributed by atoms with Gasteiger partial charge >= 0.3 is 6.09 Å². The fourth-order valence-electron chi connectivity index (χ4n) is 1.61. The number of nitrogens with one attached hydrogen (secondary N) is 1. The smallest absolute Gasteiger partial charge is 0.411 e. The second kappa shape index (κ2) is 4.23. The van der Waals surface area contributed by atoms with Crippen LogP contribution in [0.2, 0.25) is 0 Å². The first kappa shape index (κ1) is 10.5. The molecule has 0 aliphatic heterocycles. The Labute approximate surface area is 94.0 Å². The van der Waals surface area contributed by atoms with Crippen molar-refractivity contribution in [3.05, 3.63) is 42.0 Å². The molecule has 0 aliphatic rings. The van der Waals surface area contributed by atoms with E-state index in [1.165, 1.54) is 12.7 Å². The third kappa shape index (κ3) is 2.14. The lowest BCUT2D eigenvalue weighted by Gasteiger charge is -2.05. The Morgan fingerprint density at radius 3 is 2.56 bits per heavy atom. The van der Waals surface area contributed by atoms with Crippen LogP contribution in [0.15, 0.2) is 36.4 Å². The first-order valence-electron chi connectivity index (χ1n) is 5.04. The summed E-state index contributed by atoms with van der Waals surface area (Å²) in [5.41, 5.74) is 1.96. The minimum absolute atomic E-state index is 0.452. The van der Waals surface area contributed by atoms with E-state index in [2.05, 4.69) is 23.0 Å². The van der Waals surface area contributed by atoms with Crippen molar-refractivity contribution in [3.8, 4) is 0 Å². The Balaban J connectivity index is 2.37. The molecule has 16 heavy (non-hydrogen) atoms. The third-order valence-electron chi connectivity index (χ3n) is 2.43. The molecule has 0 heterocycles. The Hall–Kier alpha value is -2.03. The largest absolute Gasteiger partial charge is 0.453 e. The molecule has 0 aromatic heterocycles. The number of rotatable bonds is 1. The van der Waals surface area contributed by atoms with Gasteiger partial charge in [-0.2, -0.15) is 0 Å². The number of anilines is 1. The molecule has 0 spiro atoms. The second-order valence-corrected chi connectivity index (χ2v) is 3.68. The van der Waals surface area contributed by atoms with Crippen LogP contribution >= 0.6 is 0 Å². The number of ether oxygens (including phenoxy) is 1. The number of methoxy groups -OCH3 is 1. The van der Waals surface area contributed by atoms with E-state index in [1.54, 1.807) is 0 Å². The Morgan fingerprint density at radius 1 is 1.12 bits per heavy atom. The van der Waals surface area contributed by atoms with Crippen LogP contribution in [0.25, 0.3) is 10.8 Å². The molecule has 3 nitrogen and oxygen atoms in total. The number of aryl methyl sites for hydroxylation is 1. The topological polar surface area (TPSA) is 38.3 Å². The normalized spacial score (nSPS) is 10.1. The summed E-state index contributed by atoms with van der Waals surface area (Å²) < 4.78 is 4.54. The van der Waals surface area contributed by atoms with E-state index in [0.29, 0.717) is 0 Å². The van der Waals surface area contributed by atoms with Gasteiger partial charge in [-0.05, 0) is 29.8 Å². The van der Waals surface area contributed by atoms with Gasteiger partial charge in [0.05, 0.1) is 7.11 Å². The molecule has 0 unspecified atom stereocenters. The van der Waals surface area contributed by atoms with Gasteiger partial charge in [0.2, 0.25) is 0 Å². The van der Waals surface area contributed by atoms with Gasteiger partial charge in [0.25, 0.3) is 0 Å². The highest BCUT2D eigenvalue weighted by molar-refractivity contribution is 5.91. The summed E-state index contributed by atoms with van der Waals surface area (Å²) >= 11 is 0. The zero-order valence-electron chi connectivity index (χ0n) is 9.28. The van der Waals surface area contributed by atoms with Gasteiger partial charge < -0.3 is 4.74 Å². The Morgan fingerprint density at radius 2 is 1.81 bits per heavy atom. The second-order valence-electron chi connectivity index (χ2n) is 3.68. The van der Waals surface area contributed by atoms with E-state index in [1.807, 2.05) is 30.3 Å². The average molecular weight is 215 g/mol. The molecule has 0 fully saturated rings. The third-order valence-corrected chi connectivity index (χ3v) is 2.43. The molecule has 0 bridgehead atoms. The number of carbonyl (C=O) groups excluding carboxylic acids is 1. The van der Waals surface area contributed by atoms with E-state index in [9.17, 15) is 4.79 Å². The lowest BCUT2D eigenvalue weighted by Crippen LogP contribution is -2.10. The summed E-state index contributed by atoms with van der Waals surface area (Å²) in [5, 5.41) is 4.90. The van der Waals surface area contributed by atoms with E-state index >= 15 is 0 Å². The summed E-state index contributed by atoms with van der Waals surface area (Å²) in [5.74, 6) is 0. The molecule has 2 aromatic rings. The fourth-order valence-corrected chi connectivity index (χ4v) is 1.61. The first-order valence-corrected chi connectivity index (χ1v) is 5.04. The predicted octanol–water partition coefficient (Wildman–Crippen LogP) is 3.33. The SMILES string of the molecule is COC(=O)Nc1ccc2cc(C)ccc2c1. The molecule has 0 saturated carbocycles. The van der Waals surface area contributed by atoms with Gasteiger partial charge in [-0.25, -0.2) is 4.79 Å². The van der Waals surface area contributed by atoms with Crippen LogP contribution < -0.4 is 5.32 Å². The maximum absolute atomic E-state index is 11.0. The number of amides is 1. The van der Waals surface area contributed by atoms with Crippen molar-refractivity contribution in [2.45, 2.75) is 6.92 Å². The highest BCUT2D eigenvalue weighted by Crippen LogP contribution is 2.20.